The molecule has 0 aliphatic carbocycles. The number of nitrogens with two attached hydrogens (primary N) is 1. The molecule has 0 saturated carbocycles. The second kappa shape index (κ2) is 5.05. The summed E-state index contributed by atoms with van der Waals surface area (Å²) in [5.74, 6) is 0. The molecular weight excluding hydrogens is 248 g/mol. The topological polar surface area (TPSA) is 71.2 Å². The van der Waals surface area contributed by atoms with Crippen molar-refractivity contribution >= 4 is 28.2 Å². The van der Waals surface area contributed by atoms with Gasteiger partial charge in [-0.3, -0.25) is 5.32 Å². The van der Waals surface area contributed by atoms with Crippen molar-refractivity contribution in [3.05, 3.63) is 29.6 Å². The summed E-state index contributed by atoms with van der Waals surface area (Å²) in [6.45, 7) is 0. The molecule has 0 bridgehead atoms. The van der Waals surface area contributed by atoms with Crippen molar-refractivity contribution in [1.29, 1.82) is 0 Å². The van der Waals surface area contributed by atoms with Gasteiger partial charge in [0.25, 0.3) is 0 Å². The number of amides is 2. The summed E-state index contributed by atoms with van der Waals surface area (Å²) >= 11 is 1.39. The molecular formula is C12H14N4OS. The fraction of sp³-hybridized carbons (Fsp3) is 0.167. The first kappa shape index (κ1) is 12.4. The van der Waals surface area contributed by atoms with Gasteiger partial charge in [-0.05, 0) is 12.1 Å². The van der Waals surface area contributed by atoms with Crippen LogP contribution in [0.1, 0.15) is 0 Å². The van der Waals surface area contributed by atoms with Crippen LogP contribution in [-0.2, 0) is 0 Å². The molecule has 3 N–H and O–H groups in total. The molecule has 0 unspecified atom stereocenters. The van der Waals surface area contributed by atoms with Crippen LogP contribution >= 0.6 is 11.3 Å². The number of hydrogen-bond donors (Lipinski definition) is 2. The van der Waals surface area contributed by atoms with Gasteiger partial charge in [-0.15, -0.1) is 11.3 Å². The van der Waals surface area contributed by atoms with Crippen LogP contribution in [0.5, 0.6) is 0 Å². The van der Waals surface area contributed by atoms with E-state index in [-0.39, 0.29) is 6.03 Å². The minimum absolute atomic E-state index is 0.187. The molecule has 2 aromatic rings. The summed E-state index contributed by atoms with van der Waals surface area (Å²) in [6.07, 6.45) is 0. The Morgan fingerprint density at radius 1 is 1.33 bits per heavy atom. The van der Waals surface area contributed by atoms with Gasteiger partial charge in [0.2, 0.25) is 0 Å². The Labute approximate surface area is 109 Å². The molecule has 0 saturated heterocycles. The van der Waals surface area contributed by atoms with Crippen LogP contribution in [0.15, 0.2) is 29.6 Å². The van der Waals surface area contributed by atoms with Gasteiger partial charge in [0, 0.05) is 30.7 Å². The minimum Gasteiger partial charge on any atom is -0.399 e. The zero-order valence-corrected chi connectivity index (χ0v) is 11.0. The predicted octanol–water partition coefficient (Wildman–Crippen LogP) is 2.49. The maximum Gasteiger partial charge on any atom is 0.323 e. The summed E-state index contributed by atoms with van der Waals surface area (Å²) in [4.78, 5) is 17.3. The lowest BCUT2D eigenvalue weighted by Crippen LogP contribution is -2.27. The van der Waals surface area contributed by atoms with Gasteiger partial charge in [-0.25, -0.2) is 9.78 Å². The number of anilines is 2. The molecule has 2 rings (SSSR count). The zero-order valence-electron chi connectivity index (χ0n) is 10.2. The molecule has 6 heteroatoms. The highest BCUT2D eigenvalue weighted by molar-refractivity contribution is 7.14. The Kier molecular flexibility index (Phi) is 3.47. The number of benzene rings is 1. The molecule has 94 valence electrons. The number of nitrogen functional groups attached to an aromatic ring is 1. The van der Waals surface area contributed by atoms with Gasteiger partial charge in [-0.1, -0.05) is 12.1 Å². The van der Waals surface area contributed by atoms with Crippen LogP contribution in [0.4, 0.5) is 15.6 Å². The number of thiazole rings is 1. The van der Waals surface area contributed by atoms with Gasteiger partial charge in [0.1, 0.15) is 0 Å². The summed E-state index contributed by atoms with van der Waals surface area (Å²) < 4.78 is 0. The Morgan fingerprint density at radius 3 is 2.61 bits per heavy atom. The average Bonchev–Trinajstić information content (AvgIpc) is 2.78. The maximum absolute atomic E-state index is 11.5. The first-order valence-corrected chi connectivity index (χ1v) is 6.24. The molecule has 18 heavy (non-hydrogen) atoms. The van der Waals surface area contributed by atoms with Crippen molar-refractivity contribution in [2.45, 2.75) is 0 Å². The molecule has 0 spiro atoms. The van der Waals surface area contributed by atoms with E-state index < -0.39 is 0 Å². The molecule has 5 nitrogen and oxygen atoms in total. The molecule has 1 heterocycles. The Bertz CT molecular complexity index is 547. The third kappa shape index (κ3) is 2.78. The Morgan fingerprint density at radius 2 is 2.00 bits per heavy atom. The number of rotatable bonds is 2. The lowest BCUT2D eigenvalue weighted by Gasteiger charge is -2.09. The van der Waals surface area contributed by atoms with Crippen molar-refractivity contribution < 1.29 is 4.79 Å². The van der Waals surface area contributed by atoms with Crippen LogP contribution in [0.25, 0.3) is 11.3 Å². The molecule has 0 aliphatic heterocycles. The Hall–Kier alpha value is -2.08. The van der Waals surface area contributed by atoms with E-state index in [1.54, 1.807) is 14.1 Å². The summed E-state index contributed by atoms with van der Waals surface area (Å²) in [6, 6.07) is 7.27. The van der Waals surface area contributed by atoms with Crippen molar-refractivity contribution in [3.63, 3.8) is 0 Å². The highest BCUT2D eigenvalue weighted by Gasteiger charge is 2.08. The number of nitrogens with zero attached hydrogens (tertiary/aromatic N) is 2. The van der Waals surface area contributed by atoms with Gasteiger partial charge in [-0.2, -0.15) is 0 Å². The number of hydrogen-bond acceptors (Lipinski definition) is 4. The second-order valence-electron chi connectivity index (χ2n) is 3.98. The third-order valence-corrected chi connectivity index (χ3v) is 3.09. The van der Waals surface area contributed by atoms with E-state index in [2.05, 4.69) is 10.3 Å². The maximum atomic E-state index is 11.5. The summed E-state index contributed by atoms with van der Waals surface area (Å²) in [7, 11) is 3.37. The van der Waals surface area contributed by atoms with Crippen LogP contribution in [-0.4, -0.2) is 30.0 Å². The predicted molar refractivity (Wildman–Crippen MR) is 74.7 cm³/mol. The molecule has 1 aromatic heterocycles. The summed E-state index contributed by atoms with van der Waals surface area (Å²) in [5.41, 5.74) is 8.15. The third-order valence-electron chi connectivity index (χ3n) is 2.33. The fourth-order valence-electron chi connectivity index (χ4n) is 1.32. The lowest BCUT2D eigenvalue weighted by atomic mass is 10.1. The quantitative estimate of drug-likeness (QED) is 0.817. The average molecular weight is 262 g/mol. The number of nitrogens with one attached hydrogen (secondary N) is 1. The summed E-state index contributed by atoms with van der Waals surface area (Å²) in [5, 5.41) is 5.20. The van der Waals surface area contributed by atoms with Gasteiger partial charge >= 0.3 is 6.03 Å². The lowest BCUT2D eigenvalue weighted by molar-refractivity contribution is 0.230. The van der Waals surface area contributed by atoms with Crippen LogP contribution in [0, 0.1) is 0 Å². The molecule has 0 aliphatic rings. The number of aromatic nitrogens is 1. The smallest absolute Gasteiger partial charge is 0.323 e. The largest absolute Gasteiger partial charge is 0.399 e. The number of urea groups is 1. The van der Waals surface area contributed by atoms with Crippen LogP contribution in [0.2, 0.25) is 0 Å². The highest BCUT2D eigenvalue weighted by Crippen LogP contribution is 2.25. The van der Waals surface area contributed by atoms with E-state index in [9.17, 15) is 4.79 Å². The first-order chi connectivity index (χ1) is 8.56. The van der Waals surface area contributed by atoms with Crippen molar-refractivity contribution in [3.8, 4) is 11.3 Å². The van der Waals surface area contributed by atoms with E-state index in [0.717, 1.165) is 16.9 Å². The van der Waals surface area contributed by atoms with E-state index in [4.69, 9.17) is 5.73 Å². The van der Waals surface area contributed by atoms with E-state index in [1.807, 2.05) is 29.6 Å². The van der Waals surface area contributed by atoms with E-state index in [1.165, 1.54) is 16.2 Å². The number of carbonyl (C=O) groups is 1. The standard InChI is InChI=1S/C12H14N4OS/c1-16(2)12(17)15-11-14-10(7-18-11)8-3-5-9(13)6-4-8/h3-7H,13H2,1-2H3,(H,14,15,17). The highest BCUT2D eigenvalue weighted by atomic mass is 32.1. The van der Waals surface area contributed by atoms with Crippen LogP contribution in [0.3, 0.4) is 0 Å². The van der Waals surface area contributed by atoms with Crippen molar-refractivity contribution in [2.24, 2.45) is 0 Å². The molecule has 0 radical (unpaired) electrons. The Balaban J connectivity index is 2.15. The normalized spacial score (nSPS) is 10.1. The zero-order chi connectivity index (χ0) is 13.1. The van der Waals surface area contributed by atoms with Gasteiger partial charge in [0.05, 0.1) is 5.69 Å². The van der Waals surface area contributed by atoms with E-state index in [0.29, 0.717) is 5.13 Å². The van der Waals surface area contributed by atoms with Gasteiger partial charge in [0.15, 0.2) is 5.13 Å². The second-order valence-corrected chi connectivity index (χ2v) is 4.84. The monoisotopic (exact) mass is 262 g/mol. The first-order valence-electron chi connectivity index (χ1n) is 5.36. The molecule has 1 aromatic carbocycles. The molecule has 2 amide bonds. The van der Waals surface area contributed by atoms with E-state index >= 15 is 0 Å². The fourth-order valence-corrected chi connectivity index (χ4v) is 2.03. The van der Waals surface area contributed by atoms with Crippen LogP contribution < -0.4 is 11.1 Å². The number of carbonyl (C=O) groups excluding carboxylic acids is 1. The SMILES string of the molecule is CN(C)C(=O)Nc1nc(-c2ccc(N)cc2)cs1. The molecule has 0 fully saturated rings. The molecule has 0 atom stereocenters. The van der Waals surface area contributed by atoms with Crippen molar-refractivity contribution in [2.75, 3.05) is 25.1 Å². The van der Waals surface area contributed by atoms with Crippen molar-refractivity contribution in [1.82, 2.24) is 9.88 Å². The minimum atomic E-state index is -0.187. The van der Waals surface area contributed by atoms with Gasteiger partial charge < -0.3 is 10.6 Å².